The molecule has 0 N–H and O–H groups in total. The number of hydrogen-bond acceptors (Lipinski definition) is 2. The number of halogens is 1. The van der Waals surface area contributed by atoms with Crippen molar-refractivity contribution in [3.05, 3.63) is 69.7 Å². The van der Waals surface area contributed by atoms with Crippen LogP contribution in [0.2, 0.25) is 0 Å². The predicted octanol–water partition coefficient (Wildman–Crippen LogP) is 4.75. The molecule has 2 rings (SSSR count). The van der Waals surface area contributed by atoms with Gasteiger partial charge in [0, 0.05) is 16.0 Å². The van der Waals surface area contributed by atoms with E-state index in [-0.39, 0.29) is 0 Å². The second kappa shape index (κ2) is 6.63. The van der Waals surface area contributed by atoms with Gasteiger partial charge < -0.3 is 0 Å². The fourth-order valence-corrected chi connectivity index (χ4v) is 2.98. The summed E-state index contributed by atoms with van der Waals surface area (Å²) >= 11 is 5.35. The first-order valence-corrected chi connectivity index (χ1v) is 7.54. The highest BCUT2D eigenvalue weighted by atomic mass is 79.9. The van der Waals surface area contributed by atoms with E-state index in [0.717, 1.165) is 21.5 Å². The second-order valence-corrected chi connectivity index (χ2v) is 5.83. The van der Waals surface area contributed by atoms with Gasteiger partial charge in [-0.15, -0.1) is 0 Å². The number of nitrogens with zero attached hydrogens (tertiary/aromatic N) is 1. The summed E-state index contributed by atoms with van der Waals surface area (Å²) < 4.78 is 1.12. The Hall–Kier alpha value is -1.24. The molecule has 0 aliphatic heterocycles. The largest absolute Gasteiger partial charge is 0.192 e. The van der Waals surface area contributed by atoms with Crippen molar-refractivity contribution in [2.45, 2.75) is 11.5 Å². The van der Waals surface area contributed by atoms with Crippen molar-refractivity contribution in [3.8, 4) is 6.07 Å². The van der Waals surface area contributed by atoms with E-state index in [1.54, 1.807) is 0 Å². The van der Waals surface area contributed by atoms with Gasteiger partial charge >= 0.3 is 0 Å². The Bertz CT molecular complexity index is 557. The van der Waals surface area contributed by atoms with Crippen LogP contribution in [0.4, 0.5) is 0 Å². The summed E-state index contributed by atoms with van der Waals surface area (Å²) in [4.78, 5) is 0. The number of hydrogen-bond donors (Lipinski definition) is 0. The first-order chi connectivity index (χ1) is 8.78. The normalized spacial score (nSPS) is 10.0. The van der Waals surface area contributed by atoms with Gasteiger partial charge in [0.2, 0.25) is 0 Å². The summed E-state index contributed by atoms with van der Waals surface area (Å²) in [6.07, 6.45) is 0. The van der Waals surface area contributed by atoms with Crippen molar-refractivity contribution in [1.82, 2.24) is 0 Å². The van der Waals surface area contributed by atoms with Crippen molar-refractivity contribution in [1.29, 1.82) is 5.26 Å². The summed E-state index contributed by atoms with van der Waals surface area (Å²) in [6, 6.07) is 18.3. The lowest BCUT2D eigenvalue weighted by atomic mass is 10.2. The van der Waals surface area contributed by atoms with Crippen molar-refractivity contribution in [3.63, 3.8) is 0 Å². The maximum Gasteiger partial charge on any atom is 0.0991 e. The van der Waals surface area contributed by atoms with Crippen LogP contribution in [0.1, 0.15) is 16.7 Å². The van der Waals surface area contributed by atoms with Gasteiger partial charge in [0.25, 0.3) is 0 Å². The molecule has 3 heteroatoms. The highest BCUT2D eigenvalue weighted by molar-refractivity contribution is 9.10. The smallest absolute Gasteiger partial charge is 0.0991 e. The van der Waals surface area contributed by atoms with E-state index in [2.05, 4.69) is 40.2 Å². The Labute approximate surface area is 120 Å². The van der Waals surface area contributed by atoms with Crippen molar-refractivity contribution < 1.29 is 0 Å². The topological polar surface area (TPSA) is 23.8 Å². The van der Waals surface area contributed by atoms with Gasteiger partial charge in [-0.05, 0) is 35.4 Å². The van der Waals surface area contributed by atoms with E-state index in [1.807, 2.05) is 42.1 Å². The minimum atomic E-state index is 0.718. The van der Waals surface area contributed by atoms with Crippen LogP contribution in [0.15, 0.2) is 53.0 Å². The minimum Gasteiger partial charge on any atom is -0.192 e. The molecule has 0 unspecified atom stereocenters. The molecule has 1 nitrogen and oxygen atoms in total. The summed E-state index contributed by atoms with van der Waals surface area (Å²) in [5.74, 6) is 1.97. The average Bonchev–Trinajstić information content (AvgIpc) is 2.40. The van der Waals surface area contributed by atoms with Crippen molar-refractivity contribution >= 4 is 27.7 Å². The van der Waals surface area contributed by atoms with Crippen molar-refractivity contribution in [2.24, 2.45) is 0 Å². The molecule has 2 aromatic rings. The fourth-order valence-electron chi connectivity index (χ4n) is 1.59. The molecule has 0 heterocycles. The lowest BCUT2D eigenvalue weighted by molar-refractivity contribution is 1.35. The SMILES string of the molecule is N#Cc1ccc(CSCc2cccc(Br)c2)cc1. The number of nitriles is 1. The molecule has 0 amide bonds. The number of rotatable bonds is 4. The Balaban J connectivity index is 1.86. The van der Waals surface area contributed by atoms with E-state index in [1.165, 1.54) is 11.1 Å². The van der Waals surface area contributed by atoms with Gasteiger partial charge in [-0.3, -0.25) is 0 Å². The molecule has 0 aliphatic carbocycles. The molecule has 0 aromatic heterocycles. The molecular weight excluding hydrogens is 306 g/mol. The second-order valence-electron chi connectivity index (χ2n) is 3.93. The molecule has 0 saturated carbocycles. The summed E-state index contributed by atoms with van der Waals surface area (Å²) in [7, 11) is 0. The lowest BCUT2D eigenvalue weighted by Gasteiger charge is -2.03. The van der Waals surface area contributed by atoms with Crippen LogP contribution in [-0.4, -0.2) is 0 Å². The van der Waals surface area contributed by atoms with E-state index in [9.17, 15) is 0 Å². The zero-order chi connectivity index (χ0) is 12.8. The molecule has 0 radical (unpaired) electrons. The van der Waals surface area contributed by atoms with Gasteiger partial charge in [-0.25, -0.2) is 0 Å². The number of benzene rings is 2. The van der Waals surface area contributed by atoms with Crippen LogP contribution in [0, 0.1) is 11.3 Å². The molecule has 0 fully saturated rings. The van der Waals surface area contributed by atoms with E-state index in [0.29, 0.717) is 0 Å². The Morgan fingerprint density at radius 2 is 1.72 bits per heavy atom. The van der Waals surface area contributed by atoms with Crippen LogP contribution in [0.5, 0.6) is 0 Å². The van der Waals surface area contributed by atoms with Crippen LogP contribution >= 0.6 is 27.7 Å². The first-order valence-electron chi connectivity index (χ1n) is 5.59. The molecule has 0 bridgehead atoms. The van der Waals surface area contributed by atoms with Crippen LogP contribution < -0.4 is 0 Å². The summed E-state index contributed by atoms with van der Waals surface area (Å²) in [5.41, 5.74) is 3.30. The van der Waals surface area contributed by atoms with Crippen LogP contribution in [0.25, 0.3) is 0 Å². The van der Waals surface area contributed by atoms with Gasteiger partial charge in [-0.2, -0.15) is 17.0 Å². The third kappa shape index (κ3) is 3.90. The third-order valence-electron chi connectivity index (χ3n) is 2.51. The molecule has 90 valence electrons. The molecule has 2 aromatic carbocycles. The van der Waals surface area contributed by atoms with Crippen molar-refractivity contribution in [2.75, 3.05) is 0 Å². The molecule has 0 spiro atoms. The van der Waals surface area contributed by atoms with Gasteiger partial charge in [0.05, 0.1) is 11.6 Å². The maximum absolute atomic E-state index is 8.72. The Morgan fingerprint density at radius 3 is 2.39 bits per heavy atom. The average molecular weight is 318 g/mol. The highest BCUT2D eigenvalue weighted by Crippen LogP contribution is 2.20. The summed E-state index contributed by atoms with van der Waals surface area (Å²) in [5, 5.41) is 8.72. The Morgan fingerprint density at radius 1 is 1.00 bits per heavy atom. The highest BCUT2D eigenvalue weighted by Gasteiger charge is 1.97. The molecule has 0 aliphatic rings. The molecular formula is C15H12BrNS. The van der Waals surface area contributed by atoms with E-state index >= 15 is 0 Å². The Kier molecular flexibility index (Phi) is 4.86. The standard InChI is InChI=1S/C15H12BrNS/c16-15-3-1-2-14(8-15)11-18-10-13-6-4-12(9-17)5-7-13/h1-8H,10-11H2. The van der Waals surface area contributed by atoms with Gasteiger partial charge in [0.15, 0.2) is 0 Å². The minimum absolute atomic E-state index is 0.718. The maximum atomic E-state index is 8.72. The monoisotopic (exact) mass is 317 g/mol. The molecule has 0 atom stereocenters. The zero-order valence-corrected chi connectivity index (χ0v) is 12.2. The van der Waals surface area contributed by atoms with E-state index < -0.39 is 0 Å². The first kappa shape index (κ1) is 13.2. The van der Waals surface area contributed by atoms with E-state index in [4.69, 9.17) is 5.26 Å². The van der Waals surface area contributed by atoms with Gasteiger partial charge in [-0.1, -0.05) is 40.2 Å². The fraction of sp³-hybridized carbons (Fsp3) is 0.133. The third-order valence-corrected chi connectivity index (χ3v) is 4.08. The molecule has 18 heavy (non-hydrogen) atoms. The molecule has 0 saturated heterocycles. The summed E-state index contributed by atoms with van der Waals surface area (Å²) in [6.45, 7) is 0. The lowest BCUT2D eigenvalue weighted by Crippen LogP contribution is -1.84. The predicted molar refractivity (Wildman–Crippen MR) is 80.3 cm³/mol. The van der Waals surface area contributed by atoms with Gasteiger partial charge in [0.1, 0.15) is 0 Å². The quantitative estimate of drug-likeness (QED) is 0.812. The van der Waals surface area contributed by atoms with Crippen LogP contribution in [0.3, 0.4) is 0 Å². The number of thioether (sulfide) groups is 1. The van der Waals surface area contributed by atoms with Crippen LogP contribution in [-0.2, 0) is 11.5 Å². The zero-order valence-electron chi connectivity index (χ0n) is 9.77.